The molecule has 1 aliphatic heterocycles. The van der Waals surface area contributed by atoms with Crippen LogP contribution in [0.1, 0.15) is 29.5 Å². The molecule has 0 amide bonds. The molecule has 0 radical (unpaired) electrons. The van der Waals surface area contributed by atoms with E-state index in [0.29, 0.717) is 12.1 Å². The summed E-state index contributed by atoms with van der Waals surface area (Å²) in [6.07, 6.45) is 3.96. The Morgan fingerprint density at radius 3 is 3.06 bits per heavy atom. The first kappa shape index (κ1) is 12.2. The molecule has 1 aromatic rings. The lowest BCUT2D eigenvalue weighted by atomic mass is 9.89. The van der Waals surface area contributed by atoms with Gasteiger partial charge in [0, 0.05) is 26.2 Å². The number of hydrogen-bond donors (Lipinski definition) is 2. The third-order valence-corrected chi connectivity index (χ3v) is 4.18. The van der Waals surface area contributed by atoms with Crippen molar-refractivity contribution in [1.82, 2.24) is 10.6 Å². The van der Waals surface area contributed by atoms with Crippen LogP contribution >= 0.6 is 0 Å². The molecule has 0 spiro atoms. The SMILES string of the molecule is COC1CC(NCc2ccc3c(c2)CNCC3)C1. The largest absolute Gasteiger partial charge is 0.381 e. The zero-order valence-corrected chi connectivity index (χ0v) is 11.0. The molecular formula is C15H22N2O. The van der Waals surface area contributed by atoms with Gasteiger partial charge >= 0.3 is 0 Å². The van der Waals surface area contributed by atoms with Crippen molar-refractivity contribution in [2.24, 2.45) is 0 Å². The van der Waals surface area contributed by atoms with Gasteiger partial charge in [-0.1, -0.05) is 18.2 Å². The van der Waals surface area contributed by atoms with Crippen LogP contribution in [0.2, 0.25) is 0 Å². The summed E-state index contributed by atoms with van der Waals surface area (Å²) < 4.78 is 5.29. The normalized spacial score (nSPS) is 26.5. The standard InChI is InChI=1S/C15H22N2O/c1-18-15-7-14(8-15)17-9-11-2-3-12-4-5-16-10-13(12)6-11/h2-3,6,14-17H,4-5,7-10H2,1H3. The molecule has 0 saturated heterocycles. The summed E-state index contributed by atoms with van der Waals surface area (Å²) in [6, 6.07) is 7.56. The van der Waals surface area contributed by atoms with Crippen molar-refractivity contribution in [2.45, 2.75) is 44.5 Å². The Morgan fingerprint density at radius 2 is 2.22 bits per heavy atom. The Morgan fingerprint density at radius 1 is 1.33 bits per heavy atom. The fraction of sp³-hybridized carbons (Fsp3) is 0.600. The van der Waals surface area contributed by atoms with Crippen molar-refractivity contribution in [1.29, 1.82) is 0 Å². The maximum Gasteiger partial charge on any atom is 0.0601 e. The Labute approximate surface area is 109 Å². The van der Waals surface area contributed by atoms with Gasteiger partial charge in [0.05, 0.1) is 6.10 Å². The topological polar surface area (TPSA) is 33.3 Å². The third-order valence-electron chi connectivity index (χ3n) is 4.18. The lowest BCUT2D eigenvalue weighted by Gasteiger charge is -2.34. The van der Waals surface area contributed by atoms with E-state index in [-0.39, 0.29) is 0 Å². The lowest BCUT2D eigenvalue weighted by Crippen LogP contribution is -2.44. The number of hydrogen-bond acceptors (Lipinski definition) is 3. The fourth-order valence-corrected chi connectivity index (χ4v) is 2.83. The average molecular weight is 246 g/mol. The van der Waals surface area contributed by atoms with Crippen LogP contribution in [0, 0.1) is 0 Å². The van der Waals surface area contributed by atoms with Crippen molar-refractivity contribution < 1.29 is 4.74 Å². The molecular weight excluding hydrogens is 224 g/mol. The van der Waals surface area contributed by atoms with Gasteiger partial charge in [0.1, 0.15) is 0 Å². The summed E-state index contributed by atoms with van der Waals surface area (Å²) in [5.74, 6) is 0. The monoisotopic (exact) mass is 246 g/mol. The highest BCUT2D eigenvalue weighted by molar-refractivity contribution is 5.33. The Bertz CT molecular complexity index is 413. The molecule has 1 aliphatic carbocycles. The second kappa shape index (κ2) is 5.39. The lowest BCUT2D eigenvalue weighted by molar-refractivity contribution is 0.0170. The van der Waals surface area contributed by atoms with Crippen molar-refractivity contribution in [2.75, 3.05) is 13.7 Å². The van der Waals surface area contributed by atoms with Crippen LogP contribution in [-0.4, -0.2) is 25.8 Å². The summed E-state index contributed by atoms with van der Waals surface area (Å²) in [5, 5.41) is 7.04. The molecule has 1 saturated carbocycles. The highest BCUT2D eigenvalue weighted by Crippen LogP contribution is 2.23. The van der Waals surface area contributed by atoms with Gasteiger partial charge in [-0.25, -0.2) is 0 Å². The number of rotatable bonds is 4. The summed E-state index contributed by atoms with van der Waals surface area (Å²) in [5.41, 5.74) is 4.39. The van der Waals surface area contributed by atoms with Crippen LogP contribution in [0.5, 0.6) is 0 Å². The summed E-state index contributed by atoms with van der Waals surface area (Å²) in [4.78, 5) is 0. The van der Waals surface area contributed by atoms with E-state index in [4.69, 9.17) is 4.74 Å². The fourth-order valence-electron chi connectivity index (χ4n) is 2.83. The zero-order chi connectivity index (χ0) is 12.4. The molecule has 0 unspecified atom stereocenters. The molecule has 3 rings (SSSR count). The number of fused-ring (bicyclic) bond motifs is 1. The molecule has 1 fully saturated rings. The zero-order valence-electron chi connectivity index (χ0n) is 11.0. The summed E-state index contributed by atoms with van der Waals surface area (Å²) >= 11 is 0. The Kier molecular flexibility index (Phi) is 3.64. The number of benzene rings is 1. The first-order chi connectivity index (χ1) is 8.85. The van der Waals surface area contributed by atoms with Crippen LogP contribution in [0.3, 0.4) is 0 Å². The summed E-state index contributed by atoms with van der Waals surface area (Å²) in [6.45, 7) is 3.12. The van der Waals surface area contributed by atoms with Gasteiger partial charge in [0.25, 0.3) is 0 Å². The molecule has 3 nitrogen and oxygen atoms in total. The van der Waals surface area contributed by atoms with Gasteiger partial charge in [0.2, 0.25) is 0 Å². The van der Waals surface area contributed by atoms with Crippen molar-refractivity contribution >= 4 is 0 Å². The predicted octanol–water partition coefficient (Wildman–Crippen LogP) is 1.60. The Balaban J connectivity index is 1.54. The molecule has 3 heteroatoms. The van der Waals surface area contributed by atoms with Gasteiger partial charge in [-0.05, 0) is 42.5 Å². The minimum absolute atomic E-state index is 0.482. The third kappa shape index (κ3) is 2.58. The van der Waals surface area contributed by atoms with Gasteiger partial charge in [-0.3, -0.25) is 0 Å². The summed E-state index contributed by atoms with van der Waals surface area (Å²) in [7, 11) is 1.80. The van der Waals surface area contributed by atoms with E-state index < -0.39 is 0 Å². The Hall–Kier alpha value is -0.900. The smallest absolute Gasteiger partial charge is 0.0601 e. The van der Waals surface area contributed by atoms with Crippen LogP contribution in [0.25, 0.3) is 0 Å². The molecule has 1 heterocycles. The van der Waals surface area contributed by atoms with Crippen molar-refractivity contribution in [3.8, 4) is 0 Å². The van der Waals surface area contributed by atoms with E-state index in [1.807, 2.05) is 0 Å². The van der Waals surface area contributed by atoms with Crippen LogP contribution in [0.15, 0.2) is 18.2 Å². The number of nitrogens with one attached hydrogen (secondary N) is 2. The first-order valence-corrected chi connectivity index (χ1v) is 6.92. The van der Waals surface area contributed by atoms with Gasteiger partial charge in [0.15, 0.2) is 0 Å². The second-order valence-corrected chi connectivity index (χ2v) is 5.44. The number of methoxy groups -OCH3 is 1. The van der Waals surface area contributed by atoms with Crippen LogP contribution in [-0.2, 0) is 24.2 Å². The van der Waals surface area contributed by atoms with E-state index in [2.05, 4.69) is 28.8 Å². The van der Waals surface area contributed by atoms with Crippen LogP contribution in [0.4, 0.5) is 0 Å². The van der Waals surface area contributed by atoms with E-state index in [1.165, 1.54) is 23.1 Å². The van der Waals surface area contributed by atoms with E-state index in [0.717, 1.165) is 32.5 Å². The maximum absolute atomic E-state index is 5.29. The molecule has 0 bridgehead atoms. The van der Waals surface area contributed by atoms with Crippen molar-refractivity contribution in [3.63, 3.8) is 0 Å². The molecule has 0 aromatic heterocycles. The van der Waals surface area contributed by atoms with Gasteiger partial charge in [-0.15, -0.1) is 0 Å². The highest BCUT2D eigenvalue weighted by atomic mass is 16.5. The molecule has 2 aliphatic rings. The molecule has 18 heavy (non-hydrogen) atoms. The van der Waals surface area contributed by atoms with Gasteiger partial charge in [-0.2, -0.15) is 0 Å². The first-order valence-electron chi connectivity index (χ1n) is 6.92. The number of ether oxygens (including phenoxy) is 1. The molecule has 2 N–H and O–H groups in total. The molecule has 98 valence electrons. The van der Waals surface area contributed by atoms with E-state index in [9.17, 15) is 0 Å². The quantitative estimate of drug-likeness (QED) is 0.846. The minimum atomic E-state index is 0.482. The predicted molar refractivity (Wildman–Crippen MR) is 72.5 cm³/mol. The molecule has 1 aromatic carbocycles. The van der Waals surface area contributed by atoms with E-state index in [1.54, 1.807) is 7.11 Å². The van der Waals surface area contributed by atoms with Crippen molar-refractivity contribution in [3.05, 3.63) is 34.9 Å². The van der Waals surface area contributed by atoms with Crippen LogP contribution < -0.4 is 10.6 Å². The highest BCUT2D eigenvalue weighted by Gasteiger charge is 2.28. The second-order valence-electron chi connectivity index (χ2n) is 5.44. The minimum Gasteiger partial charge on any atom is -0.381 e. The maximum atomic E-state index is 5.29. The average Bonchev–Trinajstić information content (AvgIpc) is 2.37. The van der Waals surface area contributed by atoms with Gasteiger partial charge < -0.3 is 15.4 Å². The van der Waals surface area contributed by atoms with E-state index >= 15 is 0 Å². The molecule has 0 atom stereocenters.